The number of piperidine rings is 1. The summed E-state index contributed by atoms with van der Waals surface area (Å²) in [4.78, 5) is 0.351. The van der Waals surface area contributed by atoms with Crippen molar-refractivity contribution in [3.63, 3.8) is 0 Å². The van der Waals surface area contributed by atoms with Crippen LogP contribution >= 0.6 is 0 Å². The van der Waals surface area contributed by atoms with Gasteiger partial charge in [-0.25, -0.2) is 8.42 Å². The Kier molecular flexibility index (Phi) is 6.02. The van der Waals surface area contributed by atoms with E-state index in [9.17, 15) is 8.42 Å². The molecule has 0 aliphatic carbocycles. The van der Waals surface area contributed by atoms with Gasteiger partial charge in [0, 0.05) is 19.4 Å². The molecule has 1 aliphatic rings. The van der Waals surface area contributed by atoms with Crippen molar-refractivity contribution in [3.05, 3.63) is 24.3 Å². The molecule has 1 fully saturated rings. The van der Waals surface area contributed by atoms with E-state index in [1.807, 2.05) is 6.07 Å². The van der Waals surface area contributed by atoms with Gasteiger partial charge >= 0.3 is 0 Å². The Labute approximate surface area is 127 Å². The summed E-state index contributed by atoms with van der Waals surface area (Å²) in [5, 5.41) is 6.49. The van der Waals surface area contributed by atoms with Crippen molar-refractivity contribution < 1.29 is 13.2 Å². The Morgan fingerprint density at radius 3 is 2.71 bits per heavy atom. The molecule has 0 radical (unpaired) electrons. The lowest BCUT2D eigenvalue weighted by molar-refractivity contribution is 0.0329. The fourth-order valence-electron chi connectivity index (χ4n) is 2.44. The molecule has 2 rings (SSSR count). The van der Waals surface area contributed by atoms with Crippen LogP contribution in [0.2, 0.25) is 0 Å². The van der Waals surface area contributed by atoms with Gasteiger partial charge in [-0.05, 0) is 44.5 Å². The highest BCUT2D eigenvalue weighted by Crippen LogP contribution is 2.20. The smallest absolute Gasteiger partial charge is 0.177 e. The summed E-state index contributed by atoms with van der Waals surface area (Å²) in [6, 6.07) is 7.00. The van der Waals surface area contributed by atoms with Crippen LogP contribution in [0.15, 0.2) is 29.2 Å². The van der Waals surface area contributed by atoms with Crippen LogP contribution < -0.4 is 10.6 Å². The van der Waals surface area contributed by atoms with Crippen LogP contribution in [0, 0.1) is 0 Å². The fourth-order valence-corrected chi connectivity index (χ4v) is 3.31. The second-order valence-corrected chi connectivity index (χ2v) is 7.35. The molecule has 0 bridgehead atoms. The molecule has 2 N–H and O–H groups in total. The highest BCUT2D eigenvalue weighted by molar-refractivity contribution is 7.90. The molecule has 0 amide bonds. The van der Waals surface area contributed by atoms with Crippen molar-refractivity contribution in [2.24, 2.45) is 0 Å². The van der Waals surface area contributed by atoms with Crippen molar-refractivity contribution >= 4 is 15.5 Å². The van der Waals surface area contributed by atoms with E-state index in [2.05, 4.69) is 10.6 Å². The van der Waals surface area contributed by atoms with Crippen LogP contribution in [0.1, 0.15) is 19.3 Å². The lowest BCUT2D eigenvalue weighted by Gasteiger charge is -2.23. The number of hydrogen-bond acceptors (Lipinski definition) is 5. The van der Waals surface area contributed by atoms with Crippen LogP contribution in [-0.2, 0) is 14.6 Å². The first-order valence-electron chi connectivity index (χ1n) is 7.42. The van der Waals surface area contributed by atoms with E-state index in [4.69, 9.17) is 4.74 Å². The third-order valence-electron chi connectivity index (χ3n) is 3.56. The van der Waals surface area contributed by atoms with Crippen LogP contribution in [-0.4, -0.2) is 47.0 Å². The molecular formula is C15H24N2O3S. The van der Waals surface area contributed by atoms with Gasteiger partial charge in [0.1, 0.15) is 0 Å². The zero-order chi connectivity index (χ0) is 15.1. The van der Waals surface area contributed by atoms with E-state index in [-0.39, 0.29) is 0 Å². The van der Waals surface area contributed by atoms with Crippen LogP contribution in [0.3, 0.4) is 0 Å². The first-order valence-corrected chi connectivity index (χ1v) is 9.32. The maximum absolute atomic E-state index is 11.7. The molecule has 1 heterocycles. The molecule has 118 valence electrons. The van der Waals surface area contributed by atoms with Crippen LogP contribution in [0.4, 0.5) is 5.69 Å². The minimum Gasteiger partial charge on any atom is -0.384 e. The molecule has 1 aromatic carbocycles. The van der Waals surface area contributed by atoms with Crippen molar-refractivity contribution in [2.45, 2.75) is 30.3 Å². The van der Waals surface area contributed by atoms with Crippen molar-refractivity contribution in [3.8, 4) is 0 Å². The minimum absolute atomic E-state index is 0.351. The number of sulfone groups is 1. The van der Waals surface area contributed by atoms with Crippen molar-refractivity contribution in [1.29, 1.82) is 0 Å². The topological polar surface area (TPSA) is 67.4 Å². The third kappa shape index (κ3) is 5.30. The summed E-state index contributed by atoms with van der Waals surface area (Å²) in [5.74, 6) is 0. The van der Waals surface area contributed by atoms with E-state index in [0.717, 1.165) is 32.4 Å². The molecule has 6 heteroatoms. The van der Waals surface area contributed by atoms with E-state index >= 15 is 0 Å². The van der Waals surface area contributed by atoms with Crippen LogP contribution in [0.25, 0.3) is 0 Å². The molecule has 0 aromatic heterocycles. The SMILES string of the molecule is CS(=O)(=O)c1ccccc1NCCCOC1CCNCC1. The van der Waals surface area contributed by atoms with E-state index in [1.54, 1.807) is 18.2 Å². The number of nitrogens with one attached hydrogen (secondary N) is 2. The van der Waals surface area contributed by atoms with Gasteiger partial charge in [-0.1, -0.05) is 12.1 Å². The molecule has 1 saturated heterocycles. The van der Waals surface area contributed by atoms with Gasteiger partial charge in [-0.15, -0.1) is 0 Å². The Balaban J connectivity index is 1.74. The Hall–Kier alpha value is -1.11. The lowest BCUT2D eigenvalue weighted by atomic mass is 10.1. The molecule has 0 atom stereocenters. The first kappa shape index (κ1) is 16.3. The first-order chi connectivity index (χ1) is 10.1. The molecule has 0 unspecified atom stereocenters. The average molecular weight is 312 g/mol. The number of ether oxygens (including phenoxy) is 1. The molecule has 5 nitrogen and oxygen atoms in total. The third-order valence-corrected chi connectivity index (χ3v) is 4.72. The maximum atomic E-state index is 11.7. The Morgan fingerprint density at radius 1 is 1.29 bits per heavy atom. The normalized spacial score (nSPS) is 16.8. The van der Waals surface area contributed by atoms with Gasteiger partial charge in [0.15, 0.2) is 9.84 Å². The van der Waals surface area contributed by atoms with Crippen molar-refractivity contribution in [2.75, 3.05) is 37.8 Å². The van der Waals surface area contributed by atoms with Crippen molar-refractivity contribution in [1.82, 2.24) is 5.32 Å². The van der Waals surface area contributed by atoms with E-state index < -0.39 is 9.84 Å². The number of rotatable bonds is 7. The summed E-state index contributed by atoms with van der Waals surface area (Å²) in [6.45, 7) is 3.48. The Bertz CT molecular complexity index is 540. The predicted octanol–water partition coefficient (Wildman–Crippen LogP) is 1.66. The highest BCUT2D eigenvalue weighted by Gasteiger charge is 2.13. The van der Waals surface area contributed by atoms with Gasteiger partial charge in [0.05, 0.1) is 16.7 Å². The summed E-state index contributed by atoms with van der Waals surface area (Å²) in [5.41, 5.74) is 0.668. The van der Waals surface area contributed by atoms with Gasteiger partial charge in [0.2, 0.25) is 0 Å². The molecule has 0 spiro atoms. The lowest BCUT2D eigenvalue weighted by Crippen LogP contribution is -2.32. The average Bonchev–Trinajstić information content (AvgIpc) is 2.47. The van der Waals surface area contributed by atoms with E-state index in [0.29, 0.717) is 29.8 Å². The second-order valence-electron chi connectivity index (χ2n) is 5.37. The summed E-state index contributed by atoms with van der Waals surface area (Å²) in [6.07, 6.45) is 4.61. The highest BCUT2D eigenvalue weighted by atomic mass is 32.2. The van der Waals surface area contributed by atoms with Gasteiger partial charge in [-0.3, -0.25) is 0 Å². The van der Waals surface area contributed by atoms with Crippen LogP contribution in [0.5, 0.6) is 0 Å². The van der Waals surface area contributed by atoms with Gasteiger partial charge < -0.3 is 15.4 Å². The van der Waals surface area contributed by atoms with E-state index in [1.165, 1.54) is 6.26 Å². The zero-order valence-electron chi connectivity index (χ0n) is 12.5. The molecule has 1 aliphatic heterocycles. The van der Waals surface area contributed by atoms with Gasteiger partial charge in [-0.2, -0.15) is 0 Å². The molecular weight excluding hydrogens is 288 g/mol. The summed E-state index contributed by atoms with van der Waals surface area (Å²) in [7, 11) is -3.19. The van der Waals surface area contributed by atoms with Gasteiger partial charge in [0.25, 0.3) is 0 Å². The number of anilines is 1. The summed E-state index contributed by atoms with van der Waals surface area (Å²) >= 11 is 0. The maximum Gasteiger partial charge on any atom is 0.177 e. The Morgan fingerprint density at radius 2 is 2.00 bits per heavy atom. The molecule has 1 aromatic rings. The number of benzene rings is 1. The number of para-hydroxylation sites is 1. The number of hydrogen-bond donors (Lipinski definition) is 2. The zero-order valence-corrected chi connectivity index (χ0v) is 13.3. The second kappa shape index (κ2) is 7.77. The largest absolute Gasteiger partial charge is 0.384 e. The minimum atomic E-state index is -3.19. The quantitative estimate of drug-likeness (QED) is 0.750. The summed E-state index contributed by atoms with van der Waals surface area (Å²) < 4.78 is 29.2. The monoisotopic (exact) mass is 312 g/mol. The molecule has 21 heavy (non-hydrogen) atoms. The predicted molar refractivity (Wildman–Crippen MR) is 84.5 cm³/mol. The standard InChI is InChI=1S/C15H24N2O3S/c1-21(18,19)15-6-3-2-5-14(15)17-9-4-12-20-13-7-10-16-11-8-13/h2-3,5-6,13,16-17H,4,7-12H2,1H3. The molecule has 0 saturated carbocycles. The fraction of sp³-hybridized carbons (Fsp3) is 0.600.